The second-order valence-electron chi connectivity index (χ2n) is 2.66. The van der Waals surface area contributed by atoms with E-state index in [1.807, 2.05) is 0 Å². The van der Waals surface area contributed by atoms with Crippen LogP contribution in [0.1, 0.15) is 5.56 Å². The first-order chi connectivity index (χ1) is 6.38. The minimum absolute atomic E-state index is 0.296. The number of phenolic OH excluding ortho intramolecular Hbond substituents is 1. The summed E-state index contributed by atoms with van der Waals surface area (Å²) in [6.07, 6.45) is 0.816. The van der Waals surface area contributed by atoms with Crippen LogP contribution in [0, 0.1) is 17.1 Å². The lowest BCUT2D eigenvalue weighted by molar-refractivity contribution is 0.421. The van der Waals surface area contributed by atoms with Crippen molar-refractivity contribution in [2.24, 2.45) is 0 Å². The predicted octanol–water partition coefficient (Wildman–Crippen LogP) is 0.806. The lowest BCUT2D eigenvalue weighted by Crippen LogP contribution is -2.01. The minimum Gasteiger partial charge on any atom is -0.504 e. The van der Waals surface area contributed by atoms with Crippen LogP contribution in [0.3, 0.4) is 0 Å². The first-order valence-electron chi connectivity index (χ1n) is 3.49. The van der Waals surface area contributed by atoms with E-state index >= 15 is 0 Å². The third kappa shape index (κ3) is 1.67. The van der Waals surface area contributed by atoms with Gasteiger partial charge < -0.3 is 5.11 Å². The molecule has 0 saturated heterocycles. The quantitative estimate of drug-likeness (QED) is 0.751. The predicted molar refractivity (Wildman–Crippen MR) is 45.9 cm³/mol. The Bertz CT molecular complexity index is 516. The summed E-state index contributed by atoms with van der Waals surface area (Å²) < 4.78 is 35.1. The Morgan fingerprint density at radius 2 is 2.07 bits per heavy atom. The van der Waals surface area contributed by atoms with Crippen LogP contribution in [-0.2, 0) is 9.84 Å². The van der Waals surface area contributed by atoms with Crippen LogP contribution in [0.15, 0.2) is 17.0 Å². The van der Waals surface area contributed by atoms with Gasteiger partial charge in [0.25, 0.3) is 0 Å². The molecule has 0 spiro atoms. The molecule has 0 saturated carbocycles. The van der Waals surface area contributed by atoms with Crippen molar-refractivity contribution in [1.29, 1.82) is 5.26 Å². The zero-order chi connectivity index (χ0) is 10.9. The van der Waals surface area contributed by atoms with Crippen LogP contribution >= 0.6 is 0 Å². The number of rotatable bonds is 1. The number of aromatic hydroxyl groups is 1. The van der Waals surface area contributed by atoms with E-state index in [9.17, 15) is 12.8 Å². The first-order valence-corrected chi connectivity index (χ1v) is 5.38. The fourth-order valence-corrected chi connectivity index (χ4v) is 1.66. The number of phenols is 1. The Morgan fingerprint density at radius 3 is 2.50 bits per heavy atom. The summed E-state index contributed by atoms with van der Waals surface area (Å²) in [4.78, 5) is -0.617. The van der Waals surface area contributed by atoms with Crippen molar-refractivity contribution >= 4 is 9.84 Å². The molecule has 0 aromatic heterocycles. The molecule has 74 valence electrons. The summed E-state index contributed by atoms with van der Waals surface area (Å²) >= 11 is 0. The number of nitrogens with zero attached hydrogens (tertiary/aromatic N) is 1. The van der Waals surface area contributed by atoms with E-state index in [-0.39, 0.29) is 5.56 Å². The average molecular weight is 215 g/mol. The summed E-state index contributed by atoms with van der Waals surface area (Å²) in [7, 11) is -3.73. The second kappa shape index (κ2) is 3.27. The molecule has 0 radical (unpaired) electrons. The van der Waals surface area contributed by atoms with Crippen molar-refractivity contribution in [2.45, 2.75) is 4.90 Å². The number of sulfone groups is 1. The van der Waals surface area contributed by atoms with Gasteiger partial charge in [-0.1, -0.05) is 0 Å². The smallest absolute Gasteiger partial charge is 0.184 e. The SMILES string of the molecule is CS(=O)(=O)c1ccc(C#N)c(O)c1F. The fourth-order valence-electron chi connectivity index (χ4n) is 0.923. The molecule has 1 rings (SSSR count). The number of hydrogen-bond donors (Lipinski definition) is 1. The van der Waals surface area contributed by atoms with Crippen molar-refractivity contribution in [2.75, 3.05) is 6.26 Å². The summed E-state index contributed by atoms with van der Waals surface area (Å²) in [6.45, 7) is 0. The molecule has 1 aromatic rings. The number of benzene rings is 1. The highest BCUT2D eigenvalue weighted by atomic mass is 32.2. The van der Waals surface area contributed by atoms with Gasteiger partial charge in [0.1, 0.15) is 11.0 Å². The summed E-state index contributed by atoms with van der Waals surface area (Å²) in [5, 5.41) is 17.5. The first kappa shape index (κ1) is 10.5. The molecule has 4 nitrogen and oxygen atoms in total. The van der Waals surface area contributed by atoms with E-state index in [1.165, 1.54) is 6.07 Å². The molecule has 0 atom stereocenters. The number of nitriles is 1. The van der Waals surface area contributed by atoms with Gasteiger partial charge in [-0.15, -0.1) is 0 Å². The Morgan fingerprint density at radius 1 is 1.50 bits per heavy atom. The van der Waals surface area contributed by atoms with Gasteiger partial charge in [-0.2, -0.15) is 5.26 Å². The lowest BCUT2D eigenvalue weighted by atomic mass is 10.2. The van der Waals surface area contributed by atoms with Gasteiger partial charge in [0, 0.05) is 6.26 Å². The minimum atomic E-state index is -3.73. The number of halogens is 1. The van der Waals surface area contributed by atoms with E-state index in [4.69, 9.17) is 10.4 Å². The standard InChI is InChI=1S/C8H6FNO3S/c1-14(12,13)6-3-2-5(4-10)8(11)7(6)9/h2-3,11H,1H3. The van der Waals surface area contributed by atoms with Gasteiger partial charge in [-0.3, -0.25) is 0 Å². The molecule has 1 N–H and O–H groups in total. The second-order valence-corrected chi connectivity index (χ2v) is 4.64. The summed E-state index contributed by atoms with van der Waals surface area (Å²) in [5.74, 6) is -2.22. The summed E-state index contributed by atoms with van der Waals surface area (Å²) in [5.41, 5.74) is -0.296. The van der Waals surface area contributed by atoms with Gasteiger partial charge in [0.15, 0.2) is 21.4 Å². The maximum atomic E-state index is 13.2. The summed E-state index contributed by atoms with van der Waals surface area (Å²) in [6, 6.07) is 3.53. The molecule has 0 heterocycles. The highest BCUT2D eigenvalue weighted by Gasteiger charge is 2.19. The van der Waals surface area contributed by atoms with Crippen LogP contribution in [-0.4, -0.2) is 19.8 Å². The molecule has 0 aliphatic heterocycles. The topological polar surface area (TPSA) is 78.2 Å². The van der Waals surface area contributed by atoms with Crippen LogP contribution in [0.5, 0.6) is 5.75 Å². The van der Waals surface area contributed by atoms with E-state index in [0.717, 1.165) is 18.4 Å². The maximum Gasteiger partial charge on any atom is 0.184 e. The average Bonchev–Trinajstić information content (AvgIpc) is 2.07. The Labute approximate surface area is 80.1 Å². The van der Waals surface area contributed by atoms with Gasteiger partial charge >= 0.3 is 0 Å². The van der Waals surface area contributed by atoms with E-state index in [1.54, 1.807) is 0 Å². The Balaban J connectivity index is 3.57. The van der Waals surface area contributed by atoms with Crippen LogP contribution in [0.25, 0.3) is 0 Å². The van der Waals surface area contributed by atoms with Gasteiger partial charge in [-0.05, 0) is 12.1 Å². The van der Waals surface area contributed by atoms with Crippen LogP contribution < -0.4 is 0 Å². The number of hydrogen-bond acceptors (Lipinski definition) is 4. The molecule has 0 fully saturated rings. The molecule has 0 aliphatic carbocycles. The third-order valence-corrected chi connectivity index (χ3v) is 2.71. The zero-order valence-corrected chi connectivity index (χ0v) is 7.97. The molecule has 1 aromatic carbocycles. The largest absolute Gasteiger partial charge is 0.504 e. The molecular weight excluding hydrogens is 209 g/mol. The van der Waals surface area contributed by atoms with E-state index in [2.05, 4.69) is 0 Å². The highest BCUT2D eigenvalue weighted by molar-refractivity contribution is 7.90. The van der Waals surface area contributed by atoms with Crippen molar-refractivity contribution < 1.29 is 17.9 Å². The Hall–Kier alpha value is -1.61. The molecular formula is C8H6FNO3S. The molecule has 14 heavy (non-hydrogen) atoms. The lowest BCUT2D eigenvalue weighted by Gasteiger charge is -2.03. The molecule has 0 bridgehead atoms. The molecule has 0 unspecified atom stereocenters. The zero-order valence-electron chi connectivity index (χ0n) is 7.15. The van der Waals surface area contributed by atoms with Crippen molar-refractivity contribution in [3.05, 3.63) is 23.5 Å². The van der Waals surface area contributed by atoms with Gasteiger partial charge in [0.05, 0.1) is 5.56 Å². The van der Waals surface area contributed by atoms with Crippen LogP contribution in [0.2, 0.25) is 0 Å². The normalized spacial score (nSPS) is 10.9. The van der Waals surface area contributed by atoms with Gasteiger partial charge in [0.2, 0.25) is 0 Å². The van der Waals surface area contributed by atoms with Crippen molar-refractivity contribution in [3.8, 4) is 11.8 Å². The third-order valence-electron chi connectivity index (χ3n) is 1.60. The molecule has 6 heteroatoms. The fraction of sp³-hybridized carbons (Fsp3) is 0.125. The molecule has 0 aliphatic rings. The van der Waals surface area contributed by atoms with Gasteiger partial charge in [-0.25, -0.2) is 12.8 Å². The molecule has 0 amide bonds. The van der Waals surface area contributed by atoms with E-state index in [0.29, 0.717) is 0 Å². The maximum absolute atomic E-state index is 13.2. The van der Waals surface area contributed by atoms with Crippen molar-refractivity contribution in [1.82, 2.24) is 0 Å². The highest BCUT2D eigenvalue weighted by Crippen LogP contribution is 2.26. The van der Waals surface area contributed by atoms with Crippen molar-refractivity contribution in [3.63, 3.8) is 0 Å². The monoisotopic (exact) mass is 215 g/mol. The van der Waals surface area contributed by atoms with E-state index < -0.39 is 26.3 Å². The Kier molecular flexibility index (Phi) is 2.45. The van der Waals surface area contributed by atoms with Crippen LogP contribution in [0.4, 0.5) is 4.39 Å².